The predicted molar refractivity (Wildman–Crippen MR) is 126 cm³/mol. The van der Waals surface area contributed by atoms with Crippen molar-refractivity contribution < 1.29 is 4.79 Å². The number of rotatable bonds is 6. The van der Waals surface area contributed by atoms with Crippen molar-refractivity contribution in [2.75, 3.05) is 42.9 Å². The Morgan fingerprint density at radius 1 is 0.900 bits per heavy atom. The summed E-state index contributed by atoms with van der Waals surface area (Å²) in [6.07, 6.45) is 0. The molecule has 0 unspecified atom stereocenters. The highest BCUT2D eigenvalue weighted by Gasteiger charge is 2.20. The first-order valence-corrected chi connectivity index (χ1v) is 11.2. The standard InChI is InChI=1S/C24H24ClN3OS/c25-19-7-6-8-20(17-19)28-15-13-27(14-16-28)18-24(29)26-22-11-4-5-12-23(22)30-21-9-2-1-3-10-21/h1-12,17H,13-16,18H2,(H,26,29). The van der Waals surface area contributed by atoms with E-state index in [1.54, 1.807) is 11.8 Å². The van der Waals surface area contributed by atoms with Gasteiger partial charge in [0.05, 0.1) is 12.2 Å². The minimum Gasteiger partial charge on any atom is -0.369 e. The maximum Gasteiger partial charge on any atom is 0.238 e. The molecule has 0 radical (unpaired) electrons. The third kappa shape index (κ3) is 5.57. The lowest BCUT2D eigenvalue weighted by atomic mass is 10.2. The van der Waals surface area contributed by atoms with E-state index < -0.39 is 0 Å². The lowest BCUT2D eigenvalue weighted by Crippen LogP contribution is -2.48. The molecule has 154 valence electrons. The monoisotopic (exact) mass is 437 g/mol. The lowest BCUT2D eigenvalue weighted by Gasteiger charge is -2.35. The summed E-state index contributed by atoms with van der Waals surface area (Å²) in [6.45, 7) is 3.86. The highest BCUT2D eigenvalue weighted by Crippen LogP contribution is 2.33. The highest BCUT2D eigenvalue weighted by atomic mass is 35.5. The van der Waals surface area contributed by atoms with Crippen LogP contribution < -0.4 is 10.2 Å². The van der Waals surface area contributed by atoms with Crippen LogP contribution >= 0.6 is 23.4 Å². The number of anilines is 2. The summed E-state index contributed by atoms with van der Waals surface area (Å²) in [5, 5.41) is 3.85. The number of halogens is 1. The fourth-order valence-electron chi connectivity index (χ4n) is 3.50. The number of amides is 1. The van der Waals surface area contributed by atoms with Crippen molar-refractivity contribution in [1.82, 2.24) is 4.90 Å². The molecule has 1 aliphatic rings. The van der Waals surface area contributed by atoms with Crippen LogP contribution in [0.25, 0.3) is 0 Å². The Hall–Kier alpha value is -2.47. The smallest absolute Gasteiger partial charge is 0.238 e. The van der Waals surface area contributed by atoms with E-state index in [4.69, 9.17) is 11.6 Å². The molecule has 0 saturated carbocycles. The Kier molecular flexibility index (Phi) is 6.95. The van der Waals surface area contributed by atoms with Crippen LogP contribution in [-0.2, 0) is 4.79 Å². The van der Waals surface area contributed by atoms with Gasteiger partial charge in [0.15, 0.2) is 0 Å². The van der Waals surface area contributed by atoms with Crippen molar-refractivity contribution in [1.29, 1.82) is 0 Å². The van der Waals surface area contributed by atoms with Crippen LogP contribution in [-0.4, -0.2) is 43.5 Å². The second-order valence-electron chi connectivity index (χ2n) is 7.20. The molecule has 0 spiro atoms. The van der Waals surface area contributed by atoms with E-state index in [0.717, 1.165) is 52.4 Å². The van der Waals surface area contributed by atoms with Gasteiger partial charge in [0.1, 0.15) is 0 Å². The molecule has 0 atom stereocenters. The van der Waals surface area contributed by atoms with Crippen LogP contribution in [0.4, 0.5) is 11.4 Å². The molecule has 1 fully saturated rings. The molecule has 30 heavy (non-hydrogen) atoms. The molecule has 1 N–H and O–H groups in total. The van der Waals surface area contributed by atoms with Crippen LogP contribution in [0.2, 0.25) is 5.02 Å². The van der Waals surface area contributed by atoms with Crippen LogP contribution in [0.3, 0.4) is 0 Å². The van der Waals surface area contributed by atoms with E-state index in [0.29, 0.717) is 6.54 Å². The summed E-state index contributed by atoms with van der Waals surface area (Å²) in [5.74, 6) is 0.0207. The number of hydrogen-bond acceptors (Lipinski definition) is 4. The zero-order valence-corrected chi connectivity index (χ0v) is 18.2. The summed E-state index contributed by atoms with van der Waals surface area (Å²) in [4.78, 5) is 19.4. The Bertz CT molecular complexity index is 991. The second-order valence-corrected chi connectivity index (χ2v) is 8.75. The van der Waals surface area contributed by atoms with E-state index in [-0.39, 0.29) is 5.91 Å². The molecule has 0 aliphatic carbocycles. The maximum atomic E-state index is 12.7. The van der Waals surface area contributed by atoms with E-state index in [1.165, 1.54) is 0 Å². The number of para-hydroxylation sites is 1. The summed E-state index contributed by atoms with van der Waals surface area (Å²) < 4.78 is 0. The fourth-order valence-corrected chi connectivity index (χ4v) is 4.61. The van der Waals surface area contributed by atoms with Gasteiger partial charge in [0.2, 0.25) is 5.91 Å². The number of nitrogens with one attached hydrogen (secondary N) is 1. The van der Waals surface area contributed by atoms with E-state index in [9.17, 15) is 4.79 Å². The van der Waals surface area contributed by atoms with Gasteiger partial charge in [-0.2, -0.15) is 0 Å². The van der Waals surface area contributed by atoms with Crippen molar-refractivity contribution in [3.05, 3.63) is 83.9 Å². The minimum atomic E-state index is 0.0207. The molecular formula is C24H24ClN3OS. The Labute approximate surface area is 186 Å². The Morgan fingerprint density at radius 3 is 2.40 bits per heavy atom. The van der Waals surface area contributed by atoms with Crippen molar-refractivity contribution in [3.8, 4) is 0 Å². The molecule has 1 amide bonds. The average Bonchev–Trinajstić information content (AvgIpc) is 2.76. The molecule has 6 heteroatoms. The molecule has 0 bridgehead atoms. The van der Waals surface area contributed by atoms with Gasteiger partial charge in [-0.3, -0.25) is 9.69 Å². The first-order chi connectivity index (χ1) is 14.7. The zero-order chi connectivity index (χ0) is 20.8. The molecule has 1 saturated heterocycles. The van der Waals surface area contributed by atoms with Crippen molar-refractivity contribution >= 4 is 40.6 Å². The molecule has 3 aromatic rings. The number of nitrogens with zero attached hydrogens (tertiary/aromatic N) is 2. The minimum absolute atomic E-state index is 0.0207. The van der Waals surface area contributed by atoms with Gasteiger partial charge >= 0.3 is 0 Å². The molecule has 1 heterocycles. The summed E-state index contributed by atoms with van der Waals surface area (Å²) in [5.41, 5.74) is 1.99. The Balaban J connectivity index is 1.31. The average molecular weight is 438 g/mol. The van der Waals surface area contributed by atoms with Gasteiger partial charge < -0.3 is 10.2 Å². The van der Waals surface area contributed by atoms with E-state index >= 15 is 0 Å². The first-order valence-electron chi connectivity index (χ1n) is 10.0. The number of carbonyl (C=O) groups is 1. The fraction of sp³-hybridized carbons (Fsp3) is 0.208. The first kappa shape index (κ1) is 20.8. The van der Waals surface area contributed by atoms with Crippen LogP contribution in [0.15, 0.2) is 88.7 Å². The van der Waals surface area contributed by atoms with Crippen molar-refractivity contribution in [3.63, 3.8) is 0 Å². The summed E-state index contributed by atoms with van der Waals surface area (Å²) >= 11 is 7.77. The molecule has 4 nitrogen and oxygen atoms in total. The van der Waals surface area contributed by atoms with Gasteiger partial charge in [-0.05, 0) is 42.5 Å². The second kappa shape index (κ2) is 10.0. The number of carbonyl (C=O) groups excluding carboxylic acids is 1. The zero-order valence-electron chi connectivity index (χ0n) is 16.6. The van der Waals surface area contributed by atoms with Crippen molar-refractivity contribution in [2.24, 2.45) is 0 Å². The van der Waals surface area contributed by atoms with Crippen LogP contribution in [0.5, 0.6) is 0 Å². The van der Waals surface area contributed by atoms with Gasteiger partial charge in [-0.15, -0.1) is 0 Å². The molecular weight excluding hydrogens is 414 g/mol. The summed E-state index contributed by atoms with van der Waals surface area (Å²) in [7, 11) is 0. The number of piperazine rings is 1. The topological polar surface area (TPSA) is 35.6 Å². The van der Waals surface area contributed by atoms with E-state index in [1.807, 2.05) is 60.7 Å². The lowest BCUT2D eigenvalue weighted by molar-refractivity contribution is -0.117. The largest absolute Gasteiger partial charge is 0.369 e. The third-order valence-electron chi connectivity index (χ3n) is 5.05. The Morgan fingerprint density at radius 2 is 1.63 bits per heavy atom. The van der Waals surface area contributed by atoms with Crippen LogP contribution in [0, 0.1) is 0 Å². The van der Waals surface area contributed by atoms with Gasteiger partial charge in [0, 0.05) is 46.7 Å². The normalized spacial score (nSPS) is 14.5. The number of hydrogen-bond donors (Lipinski definition) is 1. The van der Waals surface area contributed by atoms with Gasteiger partial charge in [-0.1, -0.05) is 59.8 Å². The SMILES string of the molecule is O=C(CN1CCN(c2cccc(Cl)c2)CC1)Nc1ccccc1Sc1ccccc1. The summed E-state index contributed by atoms with van der Waals surface area (Å²) in [6, 6.07) is 26.1. The van der Waals surface area contributed by atoms with Crippen molar-refractivity contribution in [2.45, 2.75) is 9.79 Å². The van der Waals surface area contributed by atoms with E-state index in [2.05, 4.69) is 33.3 Å². The third-order valence-corrected chi connectivity index (χ3v) is 6.36. The maximum absolute atomic E-state index is 12.7. The highest BCUT2D eigenvalue weighted by molar-refractivity contribution is 7.99. The predicted octanol–water partition coefficient (Wildman–Crippen LogP) is 5.25. The molecule has 1 aliphatic heterocycles. The van der Waals surface area contributed by atoms with Gasteiger partial charge in [-0.25, -0.2) is 0 Å². The molecule has 3 aromatic carbocycles. The van der Waals surface area contributed by atoms with Crippen LogP contribution in [0.1, 0.15) is 0 Å². The van der Waals surface area contributed by atoms with Gasteiger partial charge in [0.25, 0.3) is 0 Å². The number of benzene rings is 3. The quantitative estimate of drug-likeness (QED) is 0.571. The molecule has 4 rings (SSSR count). The molecule has 0 aromatic heterocycles.